The van der Waals surface area contributed by atoms with E-state index < -0.39 is 10.8 Å². The van der Waals surface area contributed by atoms with Gasteiger partial charge in [-0.05, 0) is 18.2 Å². The van der Waals surface area contributed by atoms with Crippen molar-refractivity contribution < 1.29 is 9.72 Å². The number of benzene rings is 1. The van der Waals surface area contributed by atoms with E-state index in [2.05, 4.69) is 10.3 Å². The Hall–Kier alpha value is -2.18. The third kappa shape index (κ3) is 3.23. The molecule has 0 unspecified atom stereocenters. The molecule has 0 fully saturated rings. The van der Waals surface area contributed by atoms with E-state index >= 15 is 0 Å². The number of nitro benzene ring substituents is 1. The molecule has 0 radical (unpaired) electrons. The van der Waals surface area contributed by atoms with E-state index in [1.54, 1.807) is 0 Å². The van der Waals surface area contributed by atoms with Crippen LogP contribution in [0.3, 0.4) is 0 Å². The van der Waals surface area contributed by atoms with Gasteiger partial charge in [-0.25, -0.2) is 4.98 Å². The minimum Gasteiger partial charge on any atom is -0.321 e. The van der Waals surface area contributed by atoms with Crippen LogP contribution < -0.4 is 5.32 Å². The van der Waals surface area contributed by atoms with Crippen molar-refractivity contribution in [3.8, 4) is 0 Å². The van der Waals surface area contributed by atoms with Gasteiger partial charge in [0.2, 0.25) is 0 Å². The first-order valence-electron chi connectivity index (χ1n) is 5.34. The Balaban J connectivity index is 2.19. The molecule has 1 heterocycles. The smallest absolute Gasteiger partial charge is 0.271 e. The molecule has 0 spiro atoms. The normalized spacial score (nSPS) is 10.1. The molecule has 8 heteroatoms. The standard InChI is InChI=1S/C12H7Cl2N3O3/c13-9-5-8(17(19)20)2-3-10(9)16-12(18)7-1-4-11(14)15-6-7/h1-6H,(H,16,18). The quantitative estimate of drug-likeness (QED) is 0.533. The minimum absolute atomic E-state index is 0.0782. The molecule has 0 aliphatic rings. The number of anilines is 1. The molecule has 1 aromatic heterocycles. The number of pyridine rings is 1. The number of carbonyl (C=O) groups excluding carboxylic acids is 1. The van der Waals surface area contributed by atoms with Crippen LogP contribution in [-0.4, -0.2) is 15.8 Å². The van der Waals surface area contributed by atoms with Crippen molar-refractivity contribution in [2.45, 2.75) is 0 Å². The number of hydrogen-bond donors (Lipinski definition) is 1. The van der Waals surface area contributed by atoms with E-state index in [9.17, 15) is 14.9 Å². The Morgan fingerprint density at radius 1 is 1.25 bits per heavy atom. The number of nitro groups is 1. The van der Waals surface area contributed by atoms with Crippen LogP contribution >= 0.6 is 23.2 Å². The van der Waals surface area contributed by atoms with Gasteiger partial charge in [0.25, 0.3) is 11.6 Å². The molecule has 0 saturated carbocycles. The number of rotatable bonds is 3. The first-order valence-corrected chi connectivity index (χ1v) is 6.10. The van der Waals surface area contributed by atoms with Gasteiger partial charge in [0.1, 0.15) is 5.15 Å². The molecule has 6 nitrogen and oxygen atoms in total. The number of hydrogen-bond acceptors (Lipinski definition) is 4. The van der Waals surface area contributed by atoms with Crippen LogP contribution in [0.4, 0.5) is 11.4 Å². The summed E-state index contributed by atoms with van der Waals surface area (Å²) >= 11 is 11.5. The molecule has 102 valence electrons. The van der Waals surface area contributed by atoms with Crippen LogP contribution in [0.1, 0.15) is 10.4 Å². The van der Waals surface area contributed by atoms with Gasteiger partial charge in [0.05, 0.1) is 21.2 Å². The van der Waals surface area contributed by atoms with Crippen LogP contribution in [-0.2, 0) is 0 Å². The van der Waals surface area contributed by atoms with E-state index in [-0.39, 0.29) is 21.6 Å². The maximum absolute atomic E-state index is 11.9. The molecule has 1 amide bonds. The summed E-state index contributed by atoms with van der Waals surface area (Å²) in [7, 11) is 0. The van der Waals surface area contributed by atoms with Crippen molar-refractivity contribution in [3.63, 3.8) is 0 Å². The fourth-order valence-electron chi connectivity index (χ4n) is 1.42. The molecule has 0 aliphatic carbocycles. The molecular weight excluding hydrogens is 305 g/mol. The maximum atomic E-state index is 11.9. The third-order valence-electron chi connectivity index (χ3n) is 2.40. The summed E-state index contributed by atoms with van der Waals surface area (Å²) in [6, 6.07) is 6.76. The highest BCUT2D eigenvalue weighted by Gasteiger charge is 2.12. The minimum atomic E-state index is -0.569. The average Bonchev–Trinajstić information content (AvgIpc) is 2.41. The van der Waals surface area contributed by atoms with Gasteiger partial charge in [-0.3, -0.25) is 14.9 Å². The lowest BCUT2D eigenvalue weighted by molar-refractivity contribution is -0.384. The summed E-state index contributed by atoms with van der Waals surface area (Å²) in [5, 5.41) is 13.5. The zero-order valence-corrected chi connectivity index (χ0v) is 11.4. The van der Waals surface area contributed by atoms with Crippen molar-refractivity contribution in [1.29, 1.82) is 0 Å². The second-order valence-electron chi connectivity index (χ2n) is 3.74. The molecule has 0 saturated heterocycles. The van der Waals surface area contributed by atoms with Crippen LogP contribution in [0.15, 0.2) is 36.5 Å². The first-order chi connectivity index (χ1) is 9.47. The number of halogens is 2. The summed E-state index contributed by atoms with van der Waals surface area (Å²) in [6.45, 7) is 0. The van der Waals surface area contributed by atoms with Crippen molar-refractivity contribution >= 4 is 40.5 Å². The van der Waals surface area contributed by atoms with Crippen molar-refractivity contribution in [2.75, 3.05) is 5.32 Å². The molecule has 1 aromatic carbocycles. The Morgan fingerprint density at radius 3 is 2.55 bits per heavy atom. The number of carbonyl (C=O) groups is 1. The summed E-state index contributed by atoms with van der Waals surface area (Å²) in [6.07, 6.45) is 1.32. The lowest BCUT2D eigenvalue weighted by atomic mass is 10.2. The monoisotopic (exact) mass is 311 g/mol. The van der Waals surface area contributed by atoms with Crippen LogP contribution in [0.2, 0.25) is 10.2 Å². The molecular formula is C12H7Cl2N3O3. The first kappa shape index (κ1) is 14.2. The van der Waals surface area contributed by atoms with E-state index in [4.69, 9.17) is 23.2 Å². The SMILES string of the molecule is O=C(Nc1ccc([N+](=O)[O-])cc1Cl)c1ccc(Cl)nc1. The van der Waals surface area contributed by atoms with Gasteiger partial charge in [-0.1, -0.05) is 23.2 Å². The molecule has 0 bridgehead atoms. The summed E-state index contributed by atoms with van der Waals surface area (Å²) in [4.78, 5) is 25.7. The fraction of sp³-hybridized carbons (Fsp3) is 0. The molecule has 20 heavy (non-hydrogen) atoms. The maximum Gasteiger partial charge on any atom is 0.271 e. The second kappa shape index (κ2) is 5.85. The highest BCUT2D eigenvalue weighted by atomic mass is 35.5. The van der Waals surface area contributed by atoms with Gasteiger partial charge in [-0.2, -0.15) is 0 Å². The third-order valence-corrected chi connectivity index (χ3v) is 2.94. The van der Waals surface area contributed by atoms with Crippen molar-refractivity contribution in [1.82, 2.24) is 4.98 Å². The van der Waals surface area contributed by atoms with Gasteiger partial charge in [0.15, 0.2) is 0 Å². The number of non-ortho nitro benzene ring substituents is 1. The van der Waals surface area contributed by atoms with Gasteiger partial charge in [-0.15, -0.1) is 0 Å². The van der Waals surface area contributed by atoms with Crippen molar-refractivity contribution in [2.24, 2.45) is 0 Å². The Bertz CT molecular complexity index is 674. The van der Waals surface area contributed by atoms with E-state index in [0.29, 0.717) is 5.56 Å². The van der Waals surface area contributed by atoms with Crippen LogP contribution in [0.25, 0.3) is 0 Å². The topological polar surface area (TPSA) is 85.1 Å². The molecule has 0 aliphatic heterocycles. The number of nitrogens with one attached hydrogen (secondary N) is 1. The number of amides is 1. The highest BCUT2D eigenvalue weighted by Crippen LogP contribution is 2.27. The lowest BCUT2D eigenvalue weighted by Gasteiger charge is -2.06. The Kier molecular flexibility index (Phi) is 4.16. The number of nitrogens with zero attached hydrogens (tertiary/aromatic N) is 2. The van der Waals surface area contributed by atoms with Crippen LogP contribution in [0.5, 0.6) is 0 Å². The summed E-state index contributed by atoms with van der Waals surface area (Å²) < 4.78 is 0. The average molecular weight is 312 g/mol. The zero-order chi connectivity index (χ0) is 14.7. The lowest BCUT2D eigenvalue weighted by Crippen LogP contribution is -2.12. The summed E-state index contributed by atoms with van der Waals surface area (Å²) in [5.41, 5.74) is 0.419. The second-order valence-corrected chi connectivity index (χ2v) is 4.54. The van der Waals surface area contributed by atoms with Crippen LogP contribution in [0, 0.1) is 10.1 Å². The van der Waals surface area contributed by atoms with E-state index in [1.165, 1.54) is 30.5 Å². The summed E-state index contributed by atoms with van der Waals surface area (Å²) in [5.74, 6) is -0.440. The predicted octanol–water partition coefficient (Wildman–Crippen LogP) is 3.55. The van der Waals surface area contributed by atoms with Gasteiger partial charge >= 0.3 is 0 Å². The zero-order valence-electron chi connectivity index (χ0n) is 9.84. The largest absolute Gasteiger partial charge is 0.321 e. The number of aromatic nitrogens is 1. The molecule has 1 N–H and O–H groups in total. The van der Waals surface area contributed by atoms with Gasteiger partial charge < -0.3 is 5.32 Å². The Labute approximate surface area is 123 Å². The Morgan fingerprint density at radius 2 is 2.00 bits per heavy atom. The fourth-order valence-corrected chi connectivity index (χ4v) is 1.76. The van der Waals surface area contributed by atoms with E-state index in [1.807, 2.05) is 0 Å². The molecule has 2 aromatic rings. The highest BCUT2D eigenvalue weighted by molar-refractivity contribution is 6.34. The molecule has 2 rings (SSSR count). The van der Waals surface area contributed by atoms with E-state index in [0.717, 1.165) is 6.07 Å². The van der Waals surface area contributed by atoms with Gasteiger partial charge in [0, 0.05) is 18.3 Å². The molecule has 0 atom stereocenters. The van der Waals surface area contributed by atoms with Crippen molar-refractivity contribution in [3.05, 3.63) is 62.4 Å². The predicted molar refractivity (Wildman–Crippen MR) is 75.3 cm³/mol.